The number of rotatable bonds is 2. The summed E-state index contributed by atoms with van der Waals surface area (Å²) in [4.78, 5) is 8.71. The zero-order chi connectivity index (χ0) is 11.5. The Hall–Kier alpha value is -0.960. The molecule has 1 aliphatic rings. The van der Waals surface area contributed by atoms with E-state index in [1.807, 2.05) is 0 Å². The Morgan fingerprint density at radius 2 is 1.88 bits per heavy atom. The van der Waals surface area contributed by atoms with Crippen molar-refractivity contribution in [3.63, 3.8) is 0 Å². The number of nitrogens with two attached hydrogens (primary N) is 1. The van der Waals surface area contributed by atoms with Gasteiger partial charge in [-0.05, 0) is 57.6 Å². The molecule has 2 N–H and O–H groups in total. The molecule has 0 aliphatic heterocycles. The van der Waals surface area contributed by atoms with Gasteiger partial charge in [0.25, 0.3) is 0 Å². The maximum atomic E-state index is 5.72. The Morgan fingerprint density at radius 3 is 2.50 bits per heavy atom. The van der Waals surface area contributed by atoms with Crippen LogP contribution in [-0.4, -0.2) is 16.5 Å². The van der Waals surface area contributed by atoms with Gasteiger partial charge in [-0.3, -0.25) is 0 Å². The first-order chi connectivity index (χ1) is 7.72. The standard InChI is InChI=1S/C13H21N3/c1-9-10(2)15-8-16-13(9)12-5-3-11(7-14)4-6-12/h8,11-12H,3-7,14H2,1-2H3. The number of hydrogen-bond acceptors (Lipinski definition) is 3. The van der Waals surface area contributed by atoms with E-state index in [0.717, 1.165) is 18.2 Å². The maximum absolute atomic E-state index is 5.72. The lowest BCUT2D eigenvalue weighted by atomic mass is 9.79. The quantitative estimate of drug-likeness (QED) is 0.830. The SMILES string of the molecule is Cc1ncnc(C2CCC(CN)CC2)c1C. The highest BCUT2D eigenvalue weighted by Crippen LogP contribution is 2.35. The molecule has 0 radical (unpaired) electrons. The molecule has 88 valence electrons. The Kier molecular flexibility index (Phi) is 3.54. The molecule has 16 heavy (non-hydrogen) atoms. The van der Waals surface area contributed by atoms with Gasteiger partial charge in [-0.25, -0.2) is 9.97 Å². The van der Waals surface area contributed by atoms with Crippen LogP contribution in [0, 0.1) is 19.8 Å². The minimum Gasteiger partial charge on any atom is -0.330 e. The van der Waals surface area contributed by atoms with Crippen molar-refractivity contribution in [3.8, 4) is 0 Å². The van der Waals surface area contributed by atoms with Crippen LogP contribution in [0.4, 0.5) is 0 Å². The second-order valence-electron chi connectivity index (χ2n) is 4.92. The van der Waals surface area contributed by atoms with Crippen molar-refractivity contribution in [2.24, 2.45) is 11.7 Å². The molecule has 2 rings (SSSR count). The van der Waals surface area contributed by atoms with Gasteiger partial charge in [0.1, 0.15) is 6.33 Å². The Morgan fingerprint density at radius 1 is 1.19 bits per heavy atom. The first kappa shape index (κ1) is 11.5. The van der Waals surface area contributed by atoms with Gasteiger partial charge in [-0.2, -0.15) is 0 Å². The lowest BCUT2D eigenvalue weighted by molar-refractivity contribution is 0.328. The summed E-state index contributed by atoms with van der Waals surface area (Å²) < 4.78 is 0. The van der Waals surface area contributed by atoms with E-state index < -0.39 is 0 Å². The van der Waals surface area contributed by atoms with Gasteiger partial charge in [0.15, 0.2) is 0 Å². The molecule has 1 aromatic heterocycles. The smallest absolute Gasteiger partial charge is 0.115 e. The van der Waals surface area contributed by atoms with Gasteiger partial charge in [-0.15, -0.1) is 0 Å². The summed E-state index contributed by atoms with van der Waals surface area (Å²) in [5.41, 5.74) is 9.38. The molecular weight excluding hydrogens is 198 g/mol. The fourth-order valence-electron chi connectivity index (χ4n) is 2.64. The zero-order valence-corrected chi connectivity index (χ0v) is 10.2. The predicted octanol–water partition coefficient (Wildman–Crippen LogP) is 2.33. The number of hydrogen-bond donors (Lipinski definition) is 1. The Labute approximate surface area is 97.5 Å². The fourth-order valence-corrected chi connectivity index (χ4v) is 2.64. The van der Waals surface area contributed by atoms with Crippen molar-refractivity contribution in [2.75, 3.05) is 6.54 Å². The normalized spacial score (nSPS) is 25.7. The van der Waals surface area contributed by atoms with Crippen LogP contribution in [0.5, 0.6) is 0 Å². The molecule has 3 nitrogen and oxygen atoms in total. The summed E-state index contributed by atoms with van der Waals surface area (Å²) in [6.07, 6.45) is 6.68. The second-order valence-corrected chi connectivity index (χ2v) is 4.92. The van der Waals surface area contributed by atoms with Gasteiger partial charge < -0.3 is 5.73 Å². The van der Waals surface area contributed by atoms with E-state index in [9.17, 15) is 0 Å². The van der Waals surface area contributed by atoms with Crippen molar-refractivity contribution in [1.29, 1.82) is 0 Å². The van der Waals surface area contributed by atoms with Crippen molar-refractivity contribution in [3.05, 3.63) is 23.3 Å². The average Bonchev–Trinajstić information content (AvgIpc) is 2.33. The lowest BCUT2D eigenvalue weighted by Crippen LogP contribution is -2.21. The van der Waals surface area contributed by atoms with Crippen LogP contribution in [0.1, 0.15) is 48.6 Å². The van der Waals surface area contributed by atoms with Crippen LogP contribution >= 0.6 is 0 Å². The highest BCUT2D eigenvalue weighted by atomic mass is 14.8. The molecule has 1 fully saturated rings. The van der Waals surface area contributed by atoms with E-state index in [0.29, 0.717) is 5.92 Å². The minimum absolute atomic E-state index is 0.629. The highest BCUT2D eigenvalue weighted by Gasteiger charge is 2.23. The molecule has 0 saturated heterocycles. The van der Waals surface area contributed by atoms with E-state index in [2.05, 4.69) is 23.8 Å². The first-order valence-electron chi connectivity index (χ1n) is 6.20. The molecule has 1 heterocycles. The summed E-state index contributed by atoms with van der Waals surface area (Å²) in [5.74, 6) is 1.36. The largest absolute Gasteiger partial charge is 0.330 e. The van der Waals surface area contributed by atoms with Crippen LogP contribution in [0.15, 0.2) is 6.33 Å². The molecule has 0 unspecified atom stereocenters. The van der Waals surface area contributed by atoms with E-state index in [1.54, 1.807) is 6.33 Å². The van der Waals surface area contributed by atoms with Crippen molar-refractivity contribution in [2.45, 2.75) is 45.4 Å². The average molecular weight is 219 g/mol. The van der Waals surface area contributed by atoms with Crippen LogP contribution < -0.4 is 5.73 Å². The molecule has 0 atom stereocenters. The third-order valence-electron chi connectivity index (χ3n) is 3.94. The van der Waals surface area contributed by atoms with Crippen LogP contribution in [0.3, 0.4) is 0 Å². The summed E-state index contributed by atoms with van der Waals surface area (Å²) in [5, 5.41) is 0. The van der Waals surface area contributed by atoms with Gasteiger partial charge in [0.05, 0.1) is 0 Å². The molecule has 0 amide bonds. The Balaban J connectivity index is 2.11. The molecule has 0 aromatic carbocycles. The van der Waals surface area contributed by atoms with E-state index >= 15 is 0 Å². The second kappa shape index (κ2) is 4.91. The molecule has 1 aliphatic carbocycles. The van der Waals surface area contributed by atoms with Gasteiger partial charge in [-0.1, -0.05) is 0 Å². The van der Waals surface area contributed by atoms with Gasteiger partial charge >= 0.3 is 0 Å². The fraction of sp³-hybridized carbons (Fsp3) is 0.692. The summed E-state index contributed by atoms with van der Waals surface area (Å²) in [7, 11) is 0. The van der Waals surface area contributed by atoms with Crippen LogP contribution in [0.2, 0.25) is 0 Å². The summed E-state index contributed by atoms with van der Waals surface area (Å²) in [6.45, 7) is 5.04. The Bertz CT molecular complexity index is 354. The highest BCUT2D eigenvalue weighted by molar-refractivity contribution is 5.25. The van der Waals surface area contributed by atoms with Gasteiger partial charge in [0, 0.05) is 17.3 Å². The first-order valence-corrected chi connectivity index (χ1v) is 6.20. The molecular formula is C13H21N3. The van der Waals surface area contributed by atoms with Gasteiger partial charge in [0.2, 0.25) is 0 Å². The maximum Gasteiger partial charge on any atom is 0.115 e. The minimum atomic E-state index is 0.629. The van der Waals surface area contributed by atoms with Crippen molar-refractivity contribution in [1.82, 2.24) is 9.97 Å². The van der Waals surface area contributed by atoms with E-state index in [4.69, 9.17) is 5.73 Å². The van der Waals surface area contributed by atoms with E-state index in [1.165, 1.54) is 36.9 Å². The molecule has 1 saturated carbocycles. The predicted molar refractivity (Wildman–Crippen MR) is 65.3 cm³/mol. The topological polar surface area (TPSA) is 51.8 Å². The van der Waals surface area contributed by atoms with Crippen molar-refractivity contribution < 1.29 is 0 Å². The monoisotopic (exact) mass is 219 g/mol. The van der Waals surface area contributed by atoms with Crippen LogP contribution in [-0.2, 0) is 0 Å². The third-order valence-corrected chi connectivity index (χ3v) is 3.94. The molecule has 0 spiro atoms. The summed E-state index contributed by atoms with van der Waals surface area (Å²) in [6, 6.07) is 0. The molecule has 0 bridgehead atoms. The summed E-state index contributed by atoms with van der Waals surface area (Å²) >= 11 is 0. The number of nitrogens with zero attached hydrogens (tertiary/aromatic N) is 2. The van der Waals surface area contributed by atoms with E-state index in [-0.39, 0.29) is 0 Å². The number of aryl methyl sites for hydroxylation is 1. The molecule has 3 heteroatoms. The number of aromatic nitrogens is 2. The van der Waals surface area contributed by atoms with Crippen LogP contribution in [0.25, 0.3) is 0 Å². The zero-order valence-electron chi connectivity index (χ0n) is 10.2. The molecule has 1 aromatic rings. The lowest BCUT2D eigenvalue weighted by Gasteiger charge is -2.28. The third kappa shape index (κ3) is 2.24. The van der Waals surface area contributed by atoms with Crippen molar-refractivity contribution >= 4 is 0 Å².